The van der Waals surface area contributed by atoms with Crippen LogP contribution in [0.1, 0.15) is 16.9 Å². The molecule has 0 saturated heterocycles. The number of H-pyrrole nitrogens is 1. The zero-order valence-corrected chi connectivity index (χ0v) is 11.4. The lowest BCUT2D eigenvalue weighted by Gasteiger charge is -2.25. The van der Waals surface area contributed by atoms with Crippen molar-refractivity contribution in [2.24, 2.45) is 0 Å². The second-order valence-corrected chi connectivity index (χ2v) is 4.91. The molecule has 5 nitrogen and oxygen atoms in total. The standard InChI is InChI=1S/C15H17N3O2/c1-20-10-11-6-8-18(9-7-11)15(19)14-12-4-2-3-5-13(12)16-17-14/h2-6H,7-10H2,1H3,(H,16,17). The Morgan fingerprint density at radius 2 is 2.30 bits per heavy atom. The molecule has 3 rings (SSSR count). The molecule has 2 heterocycles. The highest BCUT2D eigenvalue weighted by atomic mass is 16.5. The minimum absolute atomic E-state index is 0.0184. The molecule has 1 aliphatic heterocycles. The van der Waals surface area contributed by atoms with E-state index >= 15 is 0 Å². The van der Waals surface area contributed by atoms with Gasteiger partial charge in [-0.3, -0.25) is 9.89 Å². The van der Waals surface area contributed by atoms with Gasteiger partial charge in [0.05, 0.1) is 12.1 Å². The van der Waals surface area contributed by atoms with Crippen LogP contribution in [0.25, 0.3) is 10.9 Å². The fraction of sp³-hybridized carbons (Fsp3) is 0.333. The van der Waals surface area contributed by atoms with Crippen molar-refractivity contribution in [3.05, 3.63) is 41.6 Å². The maximum absolute atomic E-state index is 12.5. The van der Waals surface area contributed by atoms with Crippen molar-refractivity contribution in [1.82, 2.24) is 15.1 Å². The Morgan fingerprint density at radius 3 is 3.05 bits per heavy atom. The normalized spacial score (nSPS) is 15.4. The van der Waals surface area contributed by atoms with Gasteiger partial charge in [-0.1, -0.05) is 24.3 Å². The van der Waals surface area contributed by atoms with Gasteiger partial charge in [-0.2, -0.15) is 5.10 Å². The summed E-state index contributed by atoms with van der Waals surface area (Å²) in [5, 5.41) is 7.95. The number of para-hydroxylation sites is 1. The highest BCUT2D eigenvalue weighted by molar-refractivity contribution is 6.04. The largest absolute Gasteiger partial charge is 0.380 e. The summed E-state index contributed by atoms with van der Waals surface area (Å²) >= 11 is 0. The molecule has 0 bridgehead atoms. The Kier molecular flexibility index (Phi) is 3.52. The lowest BCUT2D eigenvalue weighted by atomic mass is 10.1. The molecule has 20 heavy (non-hydrogen) atoms. The Morgan fingerprint density at radius 1 is 1.45 bits per heavy atom. The van der Waals surface area contributed by atoms with Crippen molar-refractivity contribution in [3.63, 3.8) is 0 Å². The number of benzene rings is 1. The lowest BCUT2D eigenvalue weighted by molar-refractivity contribution is 0.0761. The molecule has 0 aliphatic carbocycles. The smallest absolute Gasteiger partial charge is 0.275 e. The maximum Gasteiger partial charge on any atom is 0.275 e. The number of nitrogens with one attached hydrogen (secondary N) is 1. The van der Waals surface area contributed by atoms with Gasteiger partial charge in [-0.25, -0.2) is 0 Å². The average Bonchev–Trinajstić information content (AvgIpc) is 2.92. The van der Waals surface area contributed by atoms with E-state index in [1.165, 1.54) is 5.57 Å². The van der Waals surface area contributed by atoms with E-state index in [4.69, 9.17) is 4.74 Å². The fourth-order valence-corrected chi connectivity index (χ4v) is 2.49. The van der Waals surface area contributed by atoms with Gasteiger partial charge in [-0.15, -0.1) is 0 Å². The summed E-state index contributed by atoms with van der Waals surface area (Å²) in [4.78, 5) is 14.3. The van der Waals surface area contributed by atoms with Gasteiger partial charge in [0.1, 0.15) is 0 Å². The first-order valence-electron chi connectivity index (χ1n) is 6.69. The Hall–Kier alpha value is -2.14. The quantitative estimate of drug-likeness (QED) is 0.868. The van der Waals surface area contributed by atoms with Crippen LogP contribution in [0, 0.1) is 0 Å². The van der Waals surface area contributed by atoms with E-state index in [-0.39, 0.29) is 5.91 Å². The molecule has 0 fully saturated rings. The monoisotopic (exact) mass is 271 g/mol. The molecule has 0 saturated carbocycles. The number of carbonyl (C=O) groups is 1. The number of aromatic amines is 1. The fourth-order valence-electron chi connectivity index (χ4n) is 2.49. The summed E-state index contributed by atoms with van der Waals surface area (Å²) in [6.07, 6.45) is 2.93. The van der Waals surface area contributed by atoms with Gasteiger partial charge >= 0.3 is 0 Å². The molecule has 104 valence electrons. The molecule has 0 spiro atoms. The number of methoxy groups -OCH3 is 1. The van der Waals surface area contributed by atoms with Crippen molar-refractivity contribution in [2.75, 3.05) is 26.8 Å². The predicted molar refractivity (Wildman–Crippen MR) is 76.6 cm³/mol. The molecule has 1 aliphatic rings. The van der Waals surface area contributed by atoms with Crippen molar-refractivity contribution >= 4 is 16.8 Å². The summed E-state index contributed by atoms with van der Waals surface area (Å²) in [5.41, 5.74) is 2.65. The highest BCUT2D eigenvalue weighted by Gasteiger charge is 2.22. The SMILES string of the molecule is COCC1=CCN(C(=O)c2n[nH]c3ccccc23)CC1. The van der Waals surface area contributed by atoms with Crippen LogP contribution in [0.3, 0.4) is 0 Å². The molecule has 1 N–H and O–H groups in total. The number of hydrogen-bond donors (Lipinski definition) is 1. The molecule has 0 atom stereocenters. The topological polar surface area (TPSA) is 58.2 Å². The molecule has 1 aromatic heterocycles. The third-order valence-corrected chi connectivity index (χ3v) is 3.59. The van der Waals surface area contributed by atoms with E-state index in [1.807, 2.05) is 29.2 Å². The predicted octanol–water partition coefficient (Wildman–Crippen LogP) is 1.98. The van der Waals surface area contributed by atoms with E-state index in [0.717, 1.165) is 23.9 Å². The first kappa shape index (κ1) is 12.9. The van der Waals surface area contributed by atoms with Crippen LogP contribution in [-0.2, 0) is 4.74 Å². The molecule has 0 radical (unpaired) electrons. The minimum atomic E-state index is -0.0184. The number of aromatic nitrogens is 2. The van der Waals surface area contributed by atoms with Gasteiger partial charge < -0.3 is 9.64 Å². The van der Waals surface area contributed by atoms with Gasteiger partial charge in [0.2, 0.25) is 0 Å². The van der Waals surface area contributed by atoms with Crippen LogP contribution in [0.5, 0.6) is 0 Å². The number of hydrogen-bond acceptors (Lipinski definition) is 3. The molecule has 5 heteroatoms. The van der Waals surface area contributed by atoms with Crippen LogP contribution in [0.2, 0.25) is 0 Å². The number of rotatable bonds is 3. The molecule has 0 unspecified atom stereocenters. The highest BCUT2D eigenvalue weighted by Crippen LogP contribution is 2.19. The molecule has 1 aromatic carbocycles. The Bertz CT molecular complexity index is 660. The van der Waals surface area contributed by atoms with Gasteiger partial charge in [-0.05, 0) is 18.1 Å². The second-order valence-electron chi connectivity index (χ2n) is 4.91. The zero-order valence-electron chi connectivity index (χ0n) is 11.4. The lowest BCUT2D eigenvalue weighted by Crippen LogP contribution is -2.35. The first-order valence-corrected chi connectivity index (χ1v) is 6.69. The molecular weight excluding hydrogens is 254 g/mol. The summed E-state index contributed by atoms with van der Waals surface area (Å²) in [5.74, 6) is -0.0184. The Balaban J connectivity index is 1.80. The Labute approximate surface area is 117 Å². The van der Waals surface area contributed by atoms with Crippen molar-refractivity contribution in [1.29, 1.82) is 0 Å². The summed E-state index contributed by atoms with van der Waals surface area (Å²) in [7, 11) is 1.69. The van der Waals surface area contributed by atoms with E-state index in [9.17, 15) is 4.79 Å². The minimum Gasteiger partial charge on any atom is -0.380 e. The van der Waals surface area contributed by atoms with E-state index in [0.29, 0.717) is 18.8 Å². The number of nitrogens with zero attached hydrogens (tertiary/aromatic N) is 2. The third-order valence-electron chi connectivity index (χ3n) is 3.59. The first-order chi connectivity index (χ1) is 9.79. The number of ether oxygens (including phenoxy) is 1. The number of amides is 1. The van der Waals surface area contributed by atoms with E-state index < -0.39 is 0 Å². The van der Waals surface area contributed by atoms with Crippen LogP contribution in [-0.4, -0.2) is 47.8 Å². The number of carbonyl (C=O) groups excluding carboxylic acids is 1. The second kappa shape index (κ2) is 5.46. The number of fused-ring (bicyclic) bond motifs is 1. The molecule has 2 aromatic rings. The summed E-state index contributed by atoms with van der Waals surface area (Å²) < 4.78 is 5.12. The van der Waals surface area contributed by atoms with Crippen LogP contribution >= 0.6 is 0 Å². The van der Waals surface area contributed by atoms with Crippen molar-refractivity contribution < 1.29 is 9.53 Å². The van der Waals surface area contributed by atoms with Crippen LogP contribution < -0.4 is 0 Å². The summed E-state index contributed by atoms with van der Waals surface area (Å²) in [6, 6.07) is 7.69. The van der Waals surface area contributed by atoms with Crippen molar-refractivity contribution in [2.45, 2.75) is 6.42 Å². The van der Waals surface area contributed by atoms with Crippen molar-refractivity contribution in [3.8, 4) is 0 Å². The average molecular weight is 271 g/mol. The zero-order chi connectivity index (χ0) is 13.9. The van der Waals surface area contributed by atoms with Gasteiger partial charge in [0, 0.05) is 25.6 Å². The summed E-state index contributed by atoms with van der Waals surface area (Å²) in [6.45, 7) is 1.99. The van der Waals surface area contributed by atoms with Gasteiger partial charge in [0.25, 0.3) is 5.91 Å². The van der Waals surface area contributed by atoms with Crippen LogP contribution in [0.15, 0.2) is 35.9 Å². The maximum atomic E-state index is 12.5. The molecule has 1 amide bonds. The van der Waals surface area contributed by atoms with E-state index in [1.54, 1.807) is 7.11 Å². The third kappa shape index (κ3) is 2.32. The molecular formula is C15H17N3O2. The van der Waals surface area contributed by atoms with Crippen LogP contribution in [0.4, 0.5) is 0 Å². The van der Waals surface area contributed by atoms with Gasteiger partial charge in [0.15, 0.2) is 5.69 Å². The van der Waals surface area contributed by atoms with E-state index in [2.05, 4.69) is 16.3 Å².